The van der Waals surface area contributed by atoms with Gasteiger partial charge in [-0.3, -0.25) is 0 Å². The first-order valence-corrected chi connectivity index (χ1v) is 6.58. The van der Waals surface area contributed by atoms with E-state index in [1.165, 1.54) is 12.1 Å². The van der Waals surface area contributed by atoms with Gasteiger partial charge in [-0.25, -0.2) is 9.97 Å². The van der Waals surface area contributed by atoms with Gasteiger partial charge in [0.25, 0.3) is 0 Å². The van der Waals surface area contributed by atoms with E-state index in [2.05, 4.69) is 15.3 Å². The minimum absolute atomic E-state index is 0.00139. The van der Waals surface area contributed by atoms with Crippen LogP contribution in [0.4, 0.5) is 24.7 Å². The van der Waals surface area contributed by atoms with E-state index < -0.39 is 11.7 Å². The monoisotopic (exact) mass is 335 g/mol. The molecule has 1 N–H and O–H groups in total. The number of benzene rings is 1. The van der Waals surface area contributed by atoms with Gasteiger partial charge in [0.15, 0.2) is 0 Å². The summed E-state index contributed by atoms with van der Waals surface area (Å²) in [6, 6.07) is 3.47. The Morgan fingerprint density at radius 3 is 2.38 bits per heavy atom. The van der Waals surface area contributed by atoms with Crippen LogP contribution in [0, 0.1) is 13.8 Å². The molecule has 0 spiro atoms. The first-order valence-electron chi connectivity index (χ1n) is 5.83. The normalized spacial score (nSPS) is 11.6. The molecule has 0 fully saturated rings. The standard InChI is InChI=1S/C13H10Cl2F3N3/c1-6-11(15)19-7(2)20-12(6)21-10-4-3-8(14)5-9(10)13(16,17)18/h3-5H,1-2H3,(H,19,20,21). The molecule has 21 heavy (non-hydrogen) atoms. The van der Waals surface area contributed by atoms with Crippen LogP contribution in [0.1, 0.15) is 17.0 Å². The fourth-order valence-corrected chi connectivity index (χ4v) is 2.09. The molecule has 0 atom stereocenters. The fraction of sp³-hybridized carbons (Fsp3) is 0.231. The summed E-state index contributed by atoms with van der Waals surface area (Å²) in [7, 11) is 0. The van der Waals surface area contributed by atoms with Crippen molar-refractivity contribution in [2.75, 3.05) is 5.32 Å². The lowest BCUT2D eigenvalue weighted by Gasteiger charge is -2.16. The Morgan fingerprint density at radius 2 is 1.76 bits per heavy atom. The van der Waals surface area contributed by atoms with Crippen molar-refractivity contribution in [1.82, 2.24) is 9.97 Å². The lowest BCUT2D eigenvalue weighted by Crippen LogP contribution is -2.10. The molecule has 0 aliphatic heterocycles. The summed E-state index contributed by atoms with van der Waals surface area (Å²) < 4.78 is 39.1. The summed E-state index contributed by atoms with van der Waals surface area (Å²) >= 11 is 11.5. The van der Waals surface area contributed by atoms with Crippen molar-refractivity contribution in [1.29, 1.82) is 0 Å². The average Bonchev–Trinajstić information content (AvgIpc) is 2.36. The van der Waals surface area contributed by atoms with Crippen molar-refractivity contribution in [3.63, 3.8) is 0 Å². The molecule has 112 valence electrons. The molecule has 0 saturated carbocycles. The van der Waals surface area contributed by atoms with Gasteiger partial charge in [0.05, 0.1) is 11.3 Å². The van der Waals surface area contributed by atoms with Crippen molar-refractivity contribution in [2.45, 2.75) is 20.0 Å². The molecule has 8 heteroatoms. The number of halogens is 5. The smallest absolute Gasteiger partial charge is 0.339 e. The van der Waals surface area contributed by atoms with Crippen LogP contribution in [0.3, 0.4) is 0 Å². The molecule has 0 bridgehead atoms. The SMILES string of the molecule is Cc1nc(Cl)c(C)c(Nc2ccc(Cl)cc2C(F)(F)F)n1. The predicted octanol–water partition coefficient (Wildman–Crippen LogP) is 5.16. The van der Waals surface area contributed by atoms with Crippen molar-refractivity contribution in [3.8, 4) is 0 Å². The third kappa shape index (κ3) is 3.57. The number of hydrogen-bond donors (Lipinski definition) is 1. The second kappa shape index (κ2) is 5.69. The molecule has 0 radical (unpaired) electrons. The van der Waals surface area contributed by atoms with E-state index >= 15 is 0 Å². The number of aryl methyl sites for hydroxylation is 1. The second-order valence-electron chi connectivity index (χ2n) is 4.35. The van der Waals surface area contributed by atoms with Gasteiger partial charge in [-0.05, 0) is 32.0 Å². The van der Waals surface area contributed by atoms with Crippen LogP contribution in [0.15, 0.2) is 18.2 Å². The Hall–Kier alpha value is -1.53. The molecular formula is C13H10Cl2F3N3. The molecule has 1 aromatic carbocycles. The first-order chi connectivity index (χ1) is 9.68. The summed E-state index contributed by atoms with van der Waals surface area (Å²) in [5.74, 6) is 0.580. The van der Waals surface area contributed by atoms with E-state index in [0.29, 0.717) is 11.4 Å². The number of alkyl halides is 3. The first kappa shape index (κ1) is 15.9. The maximum Gasteiger partial charge on any atom is 0.418 e. The van der Waals surface area contributed by atoms with E-state index in [4.69, 9.17) is 23.2 Å². The van der Waals surface area contributed by atoms with Crippen LogP contribution in [0.2, 0.25) is 10.2 Å². The van der Waals surface area contributed by atoms with Crippen molar-refractivity contribution in [2.24, 2.45) is 0 Å². The maximum atomic E-state index is 13.0. The zero-order valence-electron chi connectivity index (χ0n) is 11.0. The van der Waals surface area contributed by atoms with Crippen LogP contribution in [-0.2, 0) is 6.18 Å². The highest BCUT2D eigenvalue weighted by molar-refractivity contribution is 6.31. The summed E-state index contributed by atoms with van der Waals surface area (Å²) in [4.78, 5) is 8.00. The summed E-state index contributed by atoms with van der Waals surface area (Å²) in [6.07, 6.45) is -4.53. The molecule has 3 nitrogen and oxygen atoms in total. The number of hydrogen-bond acceptors (Lipinski definition) is 3. The molecule has 1 aromatic heterocycles. The van der Waals surface area contributed by atoms with Crippen LogP contribution < -0.4 is 5.32 Å². The number of rotatable bonds is 2. The van der Waals surface area contributed by atoms with Gasteiger partial charge in [0, 0.05) is 10.6 Å². The van der Waals surface area contributed by atoms with Gasteiger partial charge in [-0.2, -0.15) is 13.2 Å². The molecule has 2 aromatic rings. The largest absolute Gasteiger partial charge is 0.418 e. The number of aromatic nitrogens is 2. The lowest BCUT2D eigenvalue weighted by atomic mass is 10.1. The van der Waals surface area contributed by atoms with Crippen LogP contribution >= 0.6 is 23.2 Å². The minimum atomic E-state index is -4.53. The predicted molar refractivity (Wildman–Crippen MR) is 76.3 cm³/mol. The van der Waals surface area contributed by atoms with E-state index in [0.717, 1.165) is 6.07 Å². The van der Waals surface area contributed by atoms with Crippen LogP contribution in [-0.4, -0.2) is 9.97 Å². The van der Waals surface area contributed by atoms with Gasteiger partial charge < -0.3 is 5.32 Å². The van der Waals surface area contributed by atoms with Gasteiger partial charge in [-0.15, -0.1) is 0 Å². The van der Waals surface area contributed by atoms with Gasteiger partial charge in [-0.1, -0.05) is 23.2 Å². The Kier molecular flexibility index (Phi) is 4.30. The molecule has 1 heterocycles. The van der Waals surface area contributed by atoms with E-state index in [1.807, 2.05) is 0 Å². The third-order valence-electron chi connectivity index (χ3n) is 2.74. The second-order valence-corrected chi connectivity index (χ2v) is 5.14. The average molecular weight is 336 g/mol. The molecule has 0 saturated heterocycles. The minimum Gasteiger partial charge on any atom is -0.339 e. The summed E-state index contributed by atoms with van der Waals surface area (Å²) in [5.41, 5.74) is -0.559. The van der Waals surface area contributed by atoms with Gasteiger partial charge in [0.1, 0.15) is 16.8 Å². The fourth-order valence-electron chi connectivity index (χ4n) is 1.70. The Balaban J connectivity index is 2.50. The molecule has 0 unspecified atom stereocenters. The van der Waals surface area contributed by atoms with E-state index in [-0.39, 0.29) is 21.7 Å². The topological polar surface area (TPSA) is 37.8 Å². The van der Waals surface area contributed by atoms with Gasteiger partial charge in [0.2, 0.25) is 0 Å². The summed E-state index contributed by atoms with van der Waals surface area (Å²) in [5, 5.41) is 2.83. The Morgan fingerprint density at radius 1 is 1.10 bits per heavy atom. The highest BCUT2D eigenvalue weighted by Crippen LogP contribution is 2.38. The Labute approximate surface area is 129 Å². The number of anilines is 2. The molecular weight excluding hydrogens is 326 g/mol. The summed E-state index contributed by atoms with van der Waals surface area (Å²) in [6.45, 7) is 3.22. The molecule has 0 aliphatic carbocycles. The number of nitrogens with zero attached hydrogens (tertiary/aromatic N) is 2. The molecule has 0 amide bonds. The lowest BCUT2D eigenvalue weighted by molar-refractivity contribution is -0.136. The zero-order valence-corrected chi connectivity index (χ0v) is 12.5. The molecule has 0 aliphatic rings. The van der Waals surface area contributed by atoms with E-state index in [9.17, 15) is 13.2 Å². The van der Waals surface area contributed by atoms with Crippen molar-refractivity contribution < 1.29 is 13.2 Å². The maximum absolute atomic E-state index is 13.0. The third-order valence-corrected chi connectivity index (χ3v) is 3.34. The quantitative estimate of drug-likeness (QED) is 0.770. The van der Waals surface area contributed by atoms with Crippen molar-refractivity contribution in [3.05, 3.63) is 45.3 Å². The highest BCUT2D eigenvalue weighted by atomic mass is 35.5. The van der Waals surface area contributed by atoms with Crippen LogP contribution in [0.5, 0.6) is 0 Å². The van der Waals surface area contributed by atoms with Gasteiger partial charge >= 0.3 is 6.18 Å². The van der Waals surface area contributed by atoms with Crippen LogP contribution in [0.25, 0.3) is 0 Å². The Bertz CT molecular complexity index is 687. The van der Waals surface area contributed by atoms with Crippen molar-refractivity contribution >= 4 is 34.7 Å². The number of nitrogens with one attached hydrogen (secondary N) is 1. The molecule has 2 rings (SSSR count). The highest BCUT2D eigenvalue weighted by Gasteiger charge is 2.34. The van der Waals surface area contributed by atoms with E-state index in [1.54, 1.807) is 13.8 Å². The zero-order chi connectivity index (χ0) is 15.8.